The van der Waals surface area contributed by atoms with Gasteiger partial charge in [-0.25, -0.2) is 0 Å². The molecule has 1 unspecified atom stereocenters. The molecule has 1 aliphatic heterocycles. The highest BCUT2D eigenvalue weighted by molar-refractivity contribution is 8.00. The number of hydrogen-bond donors (Lipinski definition) is 3. The van der Waals surface area contributed by atoms with Crippen molar-refractivity contribution in [2.24, 2.45) is 0 Å². The van der Waals surface area contributed by atoms with Crippen LogP contribution in [0.4, 0.5) is 0 Å². The second-order valence-corrected chi connectivity index (χ2v) is 12.1. The number of carbonyl (C=O) groups is 1. The van der Waals surface area contributed by atoms with Gasteiger partial charge < -0.3 is 10.6 Å². The van der Waals surface area contributed by atoms with Crippen molar-refractivity contribution in [1.29, 1.82) is 0 Å². The molecule has 0 bridgehead atoms. The number of thiol groups is 1. The lowest BCUT2D eigenvalue weighted by atomic mass is 10.1. The lowest BCUT2D eigenvalue weighted by Gasteiger charge is -2.34. The van der Waals surface area contributed by atoms with E-state index in [4.69, 9.17) is 12.6 Å². The predicted octanol–water partition coefficient (Wildman–Crippen LogP) is 4.81. The predicted molar refractivity (Wildman–Crippen MR) is 146 cm³/mol. The maximum absolute atomic E-state index is 14.0. The average molecular weight is 482 g/mol. The molecule has 34 heavy (non-hydrogen) atoms. The van der Waals surface area contributed by atoms with Crippen LogP contribution in [-0.2, 0) is 4.79 Å². The Kier molecular flexibility index (Phi) is 6.28. The Hall–Kier alpha value is -3.33. The van der Waals surface area contributed by atoms with Gasteiger partial charge in [0.05, 0.1) is 0 Å². The van der Waals surface area contributed by atoms with Crippen LogP contribution in [0, 0.1) is 6.92 Å². The molecule has 0 fully saturated rings. The summed E-state index contributed by atoms with van der Waals surface area (Å²) in [7, 11) is -2.54. The lowest BCUT2D eigenvalue weighted by molar-refractivity contribution is -0.118. The van der Waals surface area contributed by atoms with Crippen LogP contribution in [0.5, 0.6) is 0 Å². The molecular weight excluding hydrogens is 455 g/mol. The monoisotopic (exact) mass is 481 g/mol. The van der Waals surface area contributed by atoms with Gasteiger partial charge in [0.1, 0.15) is 27.1 Å². The quantitative estimate of drug-likeness (QED) is 0.283. The van der Waals surface area contributed by atoms with Gasteiger partial charge in [-0.05, 0) is 48.9 Å². The third-order valence-corrected chi connectivity index (χ3v) is 11.0. The molecule has 3 nitrogen and oxygen atoms in total. The van der Waals surface area contributed by atoms with E-state index < -0.39 is 7.26 Å². The Morgan fingerprint density at radius 1 is 0.647 bits per heavy atom. The van der Waals surface area contributed by atoms with Gasteiger partial charge in [-0.3, -0.25) is 4.79 Å². The molecule has 0 spiro atoms. The zero-order valence-corrected chi connectivity index (χ0v) is 20.6. The average Bonchev–Trinajstić information content (AvgIpc) is 2.88. The van der Waals surface area contributed by atoms with Gasteiger partial charge in [-0.2, -0.15) is 0 Å². The Labute approximate surface area is 206 Å². The number of rotatable bonds is 5. The molecule has 168 valence electrons. The minimum absolute atomic E-state index is 0.0979. The van der Waals surface area contributed by atoms with E-state index in [0.717, 1.165) is 21.5 Å². The topological polar surface area (TPSA) is 41.1 Å². The van der Waals surface area contributed by atoms with E-state index in [2.05, 4.69) is 66.1 Å². The summed E-state index contributed by atoms with van der Waals surface area (Å²) in [5.41, 5.74) is 2.17. The minimum Gasteiger partial charge on any atom is -0.353 e. The fourth-order valence-electron chi connectivity index (χ4n) is 4.57. The van der Waals surface area contributed by atoms with E-state index in [-0.39, 0.29) is 12.1 Å². The third-order valence-electron chi connectivity index (χ3n) is 6.17. The Balaban J connectivity index is 1.76. The van der Waals surface area contributed by atoms with Crippen LogP contribution in [0.3, 0.4) is 0 Å². The number of aryl methyl sites for hydroxylation is 1. The second kappa shape index (κ2) is 9.50. The highest BCUT2D eigenvalue weighted by Gasteiger charge is 2.55. The maximum Gasteiger partial charge on any atom is 0.292 e. The van der Waals surface area contributed by atoms with Crippen LogP contribution >= 0.6 is 19.9 Å². The summed E-state index contributed by atoms with van der Waals surface area (Å²) in [5, 5.41) is 11.3. The van der Waals surface area contributed by atoms with Crippen molar-refractivity contribution in [3.8, 4) is 0 Å². The van der Waals surface area contributed by atoms with Gasteiger partial charge >= 0.3 is 0 Å². The first-order valence-corrected chi connectivity index (χ1v) is 13.5. The van der Waals surface area contributed by atoms with Gasteiger partial charge in [0, 0.05) is 0 Å². The SMILES string of the molecule is Cc1ccc(C2NC(=O)C([P+](c3ccccc3)(c3ccccc3)c3ccccc3)=C(S)N2)cc1. The van der Waals surface area contributed by atoms with Crippen molar-refractivity contribution in [1.82, 2.24) is 10.6 Å². The molecule has 0 saturated heterocycles. The van der Waals surface area contributed by atoms with E-state index in [9.17, 15) is 4.79 Å². The molecule has 0 aromatic heterocycles. The van der Waals surface area contributed by atoms with E-state index in [1.807, 2.05) is 66.7 Å². The summed E-state index contributed by atoms with van der Waals surface area (Å²) < 4.78 is 0. The van der Waals surface area contributed by atoms with Crippen molar-refractivity contribution in [3.05, 3.63) is 137 Å². The normalized spacial score (nSPS) is 16.1. The molecule has 5 heteroatoms. The molecule has 0 saturated carbocycles. The van der Waals surface area contributed by atoms with Crippen LogP contribution in [0.15, 0.2) is 126 Å². The fourth-order valence-corrected chi connectivity index (χ4v) is 9.53. The van der Waals surface area contributed by atoms with Crippen LogP contribution < -0.4 is 26.5 Å². The van der Waals surface area contributed by atoms with E-state index >= 15 is 0 Å². The van der Waals surface area contributed by atoms with E-state index in [1.165, 1.54) is 5.56 Å². The molecule has 1 amide bonds. The van der Waals surface area contributed by atoms with Crippen LogP contribution in [0.25, 0.3) is 0 Å². The van der Waals surface area contributed by atoms with Crippen LogP contribution in [0.2, 0.25) is 0 Å². The second-order valence-electron chi connectivity index (χ2n) is 8.34. The van der Waals surface area contributed by atoms with Gasteiger partial charge in [0.2, 0.25) is 5.31 Å². The summed E-state index contributed by atoms with van der Waals surface area (Å²) in [5.74, 6) is -0.0979. The Morgan fingerprint density at radius 3 is 1.50 bits per heavy atom. The fraction of sp³-hybridized carbons (Fsp3) is 0.0690. The molecule has 1 atom stereocenters. The number of amides is 1. The van der Waals surface area contributed by atoms with Crippen LogP contribution in [0.1, 0.15) is 17.3 Å². The summed E-state index contributed by atoms with van der Waals surface area (Å²) in [6.07, 6.45) is -0.339. The molecule has 1 aliphatic rings. The summed E-state index contributed by atoms with van der Waals surface area (Å²) >= 11 is 4.93. The minimum atomic E-state index is -2.54. The maximum atomic E-state index is 14.0. The summed E-state index contributed by atoms with van der Waals surface area (Å²) in [6, 6.07) is 39.2. The molecule has 0 radical (unpaired) electrons. The van der Waals surface area contributed by atoms with Crippen LogP contribution in [-0.4, -0.2) is 5.91 Å². The zero-order valence-electron chi connectivity index (χ0n) is 18.8. The molecule has 4 aromatic carbocycles. The Bertz CT molecular complexity index is 1230. The largest absolute Gasteiger partial charge is 0.353 e. The lowest BCUT2D eigenvalue weighted by Crippen LogP contribution is -2.47. The van der Waals surface area contributed by atoms with Crippen molar-refractivity contribution >= 4 is 41.7 Å². The summed E-state index contributed by atoms with van der Waals surface area (Å²) in [6.45, 7) is 2.05. The summed E-state index contributed by atoms with van der Waals surface area (Å²) in [4.78, 5) is 14.0. The van der Waals surface area contributed by atoms with Crippen molar-refractivity contribution in [2.45, 2.75) is 13.1 Å². The highest BCUT2D eigenvalue weighted by atomic mass is 32.1. The number of hydrogen-bond acceptors (Lipinski definition) is 3. The first kappa shape index (κ1) is 22.5. The molecule has 1 heterocycles. The van der Waals surface area contributed by atoms with E-state index in [0.29, 0.717) is 10.3 Å². The molecule has 5 rings (SSSR count). The molecule has 2 N–H and O–H groups in total. The zero-order chi connectivity index (χ0) is 23.5. The highest BCUT2D eigenvalue weighted by Crippen LogP contribution is 2.64. The van der Waals surface area contributed by atoms with Gasteiger partial charge in [-0.15, -0.1) is 12.6 Å². The van der Waals surface area contributed by atoms with E-state index in [1.54, 1.807) is 0 Å². The van der Waals surface area contributed by atoms with Crippen molar-refractivity contribution in [2.75, 3.05) is 0 Å². The molecule has 0 aliphatic carbocycles. The third kappa shape index (κ3) is 3.94. The van der Waals surface area contributed by atoms with Crippen molar-refractivity contribution in [3.63, 3.8) is 0 Å². The molecule has 4 aromatic rings. The van der Waals surface area contributed by atoms with Crippen molar-refractivity contribution < 1.29 is 4.79 Å². The van der Waals surface area contributed by atoms with Gasteiger partial charge in [0.25, 0.3) is 5.91 Å². The molecular formula is C29H26N2OPS+. The van der Waals surface area contributed by atoms with Gasteiger partial charge in [0.15, 0.2) is 7.26 Å². The number of nitrogens with one attached hydrogen (secondary N) is 2. The smallest absolute Gasteiger partial charge is 0.292 e. The number of benzene rings is 4. The Morgan fingerprint density at radius 2 is 1.09 bits per heavy atom. The first-order chi connectivity index (χ1) is 16.6. The number of carbonyl (C=O) groups excluding carboxylic acids is 1. The first-order valence-electron chi connectivity index (χ1n) is 11.2. The van der Waals surface area contributed by atoms with Gasteiger partial charge in [-0.1, -0.05) is 84.4 Å². The standard InChI is InChI=1S/C29H25N2OPS/c1-21-17-19-22(20-18-21)27-30-28(32)26(29(34)31-27)33(23-11-5-2-6-12-23,24-13-7-3-8-14-24)25-15-9-4-10-16-25/h2-20,27H,1H3,(H2-,30,31,32,34)/p+1.